The first-order chi connectivity index (χ1) is 5.62. The van der Waals surface area contributed by atoms with Crippen LogP contribution in [0.3, 0.4) is 0 Å². The van der Waals surface area contributed by atoms with Crippen LogP contribution < -0.4 is 10.6 Å². The van der Waals surface area contributed by atoms with Gasteiger partial charge in [-0.05, 0) is 38.1 Å². The highest BCUT2D eigenvalue weighted by atomic mass is 15.0. The molecule has 0 aromatic heterocycles. The summed E-state index contributed by atoms with van der Waals surface area (Å²) in [5, 5.41) is 7.10. The zero-order valence-electron chi connectivity index (χ0n) is 8.24. The molecule has 12 heavy (non-hydrogen) atoms. The van der Waals surface area contributed by atoms with E-state index in [9.17, 15) is 0 Å². The highest BCUT2D eigenvalue weighted by Gasteiger charge is 2.39. The summed E-state index contributed by atoms with van der Waals surface area (Å²) < 4.78 is 0. The molecule has 1 heterocycles. The van der Waals surface area contributed by atoms with E-state index in [1.54, 1.807) is 0 Å². The molecule has 1 saturated carbocycles. The van der Waals surface area contributed by atoms with Crippen LogP contribution in [0.2, 0.25) is 0 Å². The largest absolute Gasteiger partial charge is 0.316 e. The maximum Gasteiger partial charge on any atom is 0.0154 e. The lowest BCUT2D eigenvalue weighted by atomic mass is 9.89. The fourth-order valence-electron chi connectivity index (χ4n) is 1.81. The quantitative estimate of drug-likeness (QED) is 0.660. The van der Waals surface area contributed by atoms with Crippen LogP contribution in [-0.2, 0) is 0 Å². The van der Waals surface area contributed by atoms with Gasteiger partial charge in [0.25, 0.3) is 0 Å². The molecule has 0 aromatic rings. The van der Waals surface area contributed by atoms with Crippen molar-refractivity contribution in [2.24, 2.45) is 5.41 Å². The van der Waals surface area contributed by atoms with E-state index in [0.29, 0.717) is 11.0 Å². The van der Waals surface area contributed by atoms with Crippen LogP contribution in [0.5, 0.6) is 0 Å². The van der Waals surface area contributed by atoms with E-state index in [1.165, 1.54) is 38.9 Å². The van der Waals surface area contributed by atoms with E-state index in [1.807, 2.05) is 0 Å². The standard InChI is InChI=1S/C10H20N2/c1-9(5-6-11-7-9)8-12-10(2)3-4-10/h11-12H,3-8H2,1-2H3. The Labute approximate surface area is 75.1 Å². The zero-order chi connectivity index (χ0) is 8.66. The number of nitrogens with one attached hydrogen (secondary N) is 2. The third-order valence-electron chi connectivity index (χ3n) is 3.40. The van der Waals surface area contributed by atoms with E-state index >= 15 is 0 Å². The normalized spacial score (nSPS) is 38.5. The van der Waals surface area contributed by atoms with E-state index in [4.69, 9.17) is 0 Å². The van der Waals surface area contributed by atoms with Gasteiger partial charge in [0.1, 0.15) is 0 Å². The fourth-order valence-corrected chi connectivity index (χ4v) is 1.81. The van der Waals surface area contributed by atoms with Crippen molar-refractivity contribution in [2.45, 2.75) is 38.6 Å². The molecule has 2 N–H and O–H groups in total. The fraction of sp³-hybridized carbons (Fsp3) is 1.00. The van der Waals surface area contributed by atoms with Gasteiger partial charge in [-0.1, -0.05) is 6.92 Å². The van der Waals surface area contributed by atoms with Crippen LogP contribution in [0.1, 0.15) is 33.1 Å². The van der Waals surface area contributed by atoms with Crippen LogP contribution >= 0.6 is 0 Å². The Balaban J connectivity index is 1.78. The van der Waals surface area contributed by atoms with Crippen molar-refractivity contribution in [3.8, 4) is 0 Å². The van der Waals surface area contributed by atoms with Gasteiger partial charge in [-0.3, -0.25) is 0 Å². The van der Waals surface area contributed by atoms with Crippen molar-refractivity contribution in [1.29, 1.82) is 0 Å². The molecule has 2 rings (SSSR count). The Morgan fingerprint density at radius 2 is 2.00 bits per heavy atom. The maximum absolute atomic E-state index is 3.68. The Bertz CT molecular complexity index is 167. The van der Waals surface area contributed by atoms with Crippen LogP contribution in [0.25, 0.3) is 0 Å². The number of rotatable bonds is 3. The number of hydrogen-bond donors (Lipinski definition) is 2. The summed E-state index contributed by atoms with van der Waals surface area (Å²) >= 11 is 0. The first-order valence-corrected chi connectivity index (χ1v) is 5.08. The third-order valence-corrected chi connectivity index (χ3v) is 3.40. The SMILES string of the molecule is CC1(CNC2(C)CC2)CCNC1. The average molecular weight is 168 g/mol. The van der Waals surface area contributed by atoms with Crippen molar-refractivity contribution in [1.82, 2.24) is 10.6 Å². The lowest BCUT2D eigenvalue weighted by molar-refractivity contribution is 0.317. The van der Waals surface area contributed by atoms with Crippen molar-refractivity contribution in [3.63, 3.8) is 0 Å². The first-order valence-electron chi connectivity index (χ1n) is 5.08. The van der Waals surface area contributed by atoms with Gasteiger partial charge in [0, 0.05) is 18.6 Å². The maximum atomic E-state index is 3.68. The van der Waals surface area contributed by atoms with Crippen LogP contribution in [0.15, 0.2) is 0 Å². The lowest BCUT2D eigenvalue weighted by Gasteiger charge is -2.25. The van der Waals surface area contributed by atoms with Gasteiger partial charge in [0.05, 0.1) is 0 Å². The Morgan fingerprint density at radius 1 is 1.25 bits per heavy atom. The summed E-state index contributed by atoms with van der Waals surface area (Å²) in [6, 6.07) is 0. The molecule has 1 unspecified atom stereocenters. The molecule has 1 aliphatic heterocycles. The molecule has 2 nitrogen and oxygen atoms in total. The minimum Gasteiger partial charge on any atom is -0.316 e. The van der Waals surface area contributed by atoms with Gasteiger partial charge in [0.2, 0.25) is 0 Å². The third kappa shape index (κ3) is 1.80. The summed E-state index contributed by atoms with van der Waals surface area (Å²) in [5.74, 6) is 0. The molecule has 2 heteroatoms. The van der Waals surface area contributed by atoms with Gasteiger partial charge in [-0.15, -0.1) is 0 Å². The van der Waals surface area contributed by atoms with Gasteiger partial charge in [0.15, 0.2) is 0 Å². The highest BCUT2D eigenvalue weighted by molar-refractivity contribution is 4.99. The molecule has 2 aliphatic rings. The second-order valence-electron chi connectivity index (χ2n) is 5.15. The predicted octanol–water partition coefficient (Wildman–Crippen LogP) is 1.13. The minimum atomic E-state index is 0.506. The molecule has 0 amide bonds. The molecular formula is C10H20N2. The predicted molar refractivity (Wildman–Crippen MR) is 51.2 cm³/mol. The molecule has 1 aliphatic carbocycles. The van der Waals surface area contributed by atoms with Crippen molar-refractivity contribution < 1.29 is 0 Å². The monoisotopic (exact) mass is 168 g/mol. The van der Waals surface area contributed by atoms with Gasteiger partial charge < -0.3 is 10.6 Å². The van der Waals surface area contributed by atoms with E-state index in [-0.39, 0.29) is 0 Å². The molecule has 0 aromatic carbocycles. The second-order valence-corrected chi connectivity index (χ2v) is 5.15. The summed E-state index contributed by atoms with van der Waals surface area (Å²) in [7, 11) is 0. The zero-order valence-corrected chi connectivity index (χ0v) is 8.24. The van der Waals surface area contributed by atoms with E-state index in [2.05, 4.69) is 24.5 Å². The molecule has 0 bridgehead atoms. The van der Waals surface area contributed by atoms with E-state index in [0.717, 1.165) is 0 Å². The van der Waals surface area contributed by atoms with Gasteiger partial charge in [-0.2, -0.15) is 0 Å². The first kappa shape index (κ1) is 8.52. The molecule has 1 atom stereocenters. The molecule has 1 saturated heterocycles. The molecule has 2 fully saturated rings. The summed E-state index contributed by atoms with van der Waals surface area (Å²) in [6.07, 6.45) is 4.07. The van der Waals surface area contributed by atoms with Gasteiger partial charge >= 0.3 is 0 Å². The Morgan fingerprint density at radius 3 is 2.50 bits per heavy atom. The number of hydrogen-bond acceptors (Lipinski definition) is 2. The minimum absolute atomic E-state index is 0.506. The molecular weight excluding hydrogens is 148 g/mol. The van der Waals surface area contributed by atoms with E-state index < -0.39 is 0 Å². The van der Waals surface area contributed by atoms with Crippen LogP contribution in [-0.4, -0.2) is 25.2 Å². The summed E-state index contributed by atoms with van der Waals surface area (Å²) in [4.78, 5) is 0. The summed E-state index contributed by atoms with van der Waals surface area (Å²) in [5.41, 5.74) is 1.02. The topological polar surface area (TPSA) is 24.1 Å². The van der Waals surface area contributed by atoms with Crippen molar-refractivity contribution >= 4 is 0 Å². The summed E-state index contributed by atoms with van der Waals surface area (Å²) in [6.45, 7) is 8.30. The van der Waals surface area contributed by atoms with Crippen molar-refractivity contribution in [2.75, 3.05) is 19.6 Å². The molecule has 70 valence electrons. The lowest BCUT2D eigenvalue weighted by Crippen LogP contribution is -2.39. The average Bonchev–Trinajstić information content (AvgIpc) is 2.60. The Kier molecular flexibility index (Phi) is 1.92. The Hall–Kier alpha value is -0.0800. The highest BCUT2D eigenvalue weighted by Crippen LogP contribution is 2.35. The van der Waals surface area contributed by atoms with Crippen LogP contribution in [0, 0.1) is 5.41 Å². The smallest absolute Gasteiger partial charge is 0.0154 e. The van der Waals surface area contributed by atoms with Crippen LogP contribution in [0.4, 0.5) is 0 Å². The molecule has 0 radical (unpaired) electrons. The second kappa shape index (κ2) is 2.71. The van der Waals surface area contributed by atoms with Crippen molar-refractivity contribution in [3.05, 3.63) is 0 Å². The van der Waals surface area contributed by atoms with Gasteiger partial charge in [-0.25, -0.2) is 0 Å². The molecule has 0 spiro atoms.